The van der Waals surface area contributed by atoms with E-state index in [0.29, 0.717) is 0 Å². The maximum Gasteiger partial charge on any atom is 0.435 e. The molecular weight excluding hydrogens is 323 g/mol. The zero-order valence-corrected chi connectivity index (χ0v) is 13.3. The number of rotatable bonds is 6. The van der Waals surface area contributed by atoms with Gasteiger partial charge in [0.05, 0.1) is 6.10 Å². The first-order chi connectivity index (χ1) is 11.2. The number of nitrogens with zero attached hydrogens (tertiary/aromatic N) is 2. The summed E-state index contributed by atoms with van der Waals surface area (Å²) >= 11 is 0. The Bertz CT molecular complexity index is 679. The van der Waals surface area contributed by atoms with Crippen LogP contribution in [0.4, 0.5) is 13.2 Å². The number of benzene rings is 1. The van der Waals surface area contributed by atoms with E-state index in [1.165, 1.54) is 0 Å². The first-order valence-corrected chi connectivity index (χ1v) is 7.37. The monoisotopic (exact) mass is 341 g/mol. The van der Waals surface area contributed by atoms with Gasteiger partial charge in [-0.2, -0.15) is 18.3 Å². The molecule has 0 atom stereocenters. The Morgan fingerprint density at radius 1 is 1.25 bits per heavy atom. The molecule has 0 aliphatic rings. The summed E-state index contributed by atoms with van der Waals surface area (Å²) in [6.07, 6.45) is -3.31. The van der Waals surface area contributed by atoms with Crippen LogP contribution in [-0.2, 0) is 24.1 Å². The number of alkyl halides is 3. The molecule has 0 bridgehead atoms. The van der Waals surface area contributed by atoms with E-state index in [0.717, 1.165) is 28.3 Å². The van der Waals surface area contributed by atoms with Crippen molar-refractivity contribution in [1.82, 2.24) is 15.1 Å². The maximum absolute atomic E-state index is 12.4. The van der Waals surface area contributed by atoms with Gasteiger partial charge >= 0.3 is 6.18 Å². The fourth-order valence-electron chi connectivity index (χ4n) is 1.96. The van der Waals surface area contributed by atoms with Crippen molar-refractivity contribution in [2.45, 2.75) is 39.2 Å². The molecule has 2 aromatic rings. The summed E-state index contributed by atoms with van der Waals surface area (Å²) < 4.78 is 43.8. The van der Waals surface area contributed by atoms with Gasteiger partial charge in [-0.15, -0.1) is 0 Å². The summed E-state index contributed by atoms with van der Waals surface area (Å²) in [5, 5.41) is 5.96. The summed E-state index contributed by atoms with van der Waals surface area (Å²) in [5.74, 6) is 0.311. The fourth-order valence-corrected chi connectivity index (χ4v) is 1.96. The molecule has 130 valence electrons. The number of carbonyl (C=O) groups is 1. The smallest absolute Gasteiger partial charge is 0.435 e. The number of hydrogen-bond donors (Lipinski definition) is 1. The third-order valence-electron chi connectivity index (χ3n) is 3.02. The molecule has 0 saturated heterocycles. The summed E-state index contributed by atoms with van der Waals surface area (Å²) in [6, 6.07) is 8.05. The minimum Gasteiger partial charge on any atom is -0.491 e. The second kappa shape index (κ2) is 7.37. The van der Waals surface area contributed by atoms with Crippen molar-refractivity contribution in [3.05, 3.63) is 47.8 Å². The lowest BCUT2D eigenvalue weighted by Crippen LogP contribution is -2.27. The van der Waals surface area contributed by atoms with Crippen LogP contribution in [0.1, 0.15) is 25.1 Å². The van der Waals surface area contributed by atoms with Crippen LogP contribution in [0.25, 0.3) is 0 Å². The van der Waals surface area contributed by atoms with Crippen LogP contribution >= 0.6 is 0 Å². The minimum absolute atomic E-state index is 0.0752. The van der Waals surface area contributed by atoms with Gasteiger partial charge < -0.3 is 10.1 Å². The minimum atomic E-state index is -4.51. The molecule has 0 spiro atoms. The van der Waals surface area contributed by atoms with Crippen LogP contribution < -0.4 is 10.1 Å². The van der Waals surface area contributed by atoms with Crippen LogP contribution in [-0.4, -0.2) is 21.8 Å². The number of aromatic nitrogens is 2. The molecule has 5 nitrogen and oxygen atoms in total. The molecule has 0 saturated carbocycles. The average Bonchev–Trinajstić information content (AvgIpc) is 2.94. The number of halogens is 3. The van der Waals surface area contributed by atoms with Gasteiger partial charge in [0.2, 0.25) is 5.91 Å². The molecule has 1 N–H and O–H groups in total. The molecule has 24 heavy (non-hydrogen) atoms. The van der Waals surface area contributed by atoms with E-state index in [-0.39, 0.29) is 19.2 Å². The van der Waals surface area contributed by atoms with Crippen LogP contribution in [0.15, 0.2) is 36.5 Å². The second-order valence-electron chi connectivity index (χ2n) is 5.48. The highest BCUT2D eigenvalue weighted by Gasteiger charge is 2.33. The number of nitrogens with one attached hydrogen (secondary N) is 1. The first-order valence-electron chi connectivity index (χ1n) is 7.37. The molecule has 0 unspecified atom stereocenters. The third-order valence-corrected chi connectivity index (χ3v) is 3.02. The topological polar surface area (TPSA) is 56.1 Å². The number of ether oxygens (including phenoxy) is 1. The highest BCUT2D eigenvalue weighted by Crippen LogP contribution is 2.27. The predicted octanol–water partition coefficient (Wildman–Crippen LogP) is 3.01. The standard InChI is InChI=1S/C16H18F3N3O2/c1-11(2)24-13-5-3-12(4-6-13)9-20-15(23)10-22-8-7-14(21-22)16(17,18)19/h3-8,11H,9-10H2,1-2H3,(H,20,23). The van der Waals surface area contributed by atoms with Crippen molar-refractivity contribution in [3.63, 3.8) is 0 Å². The molecule has 8 heteroatoms. The Hall–Kier alpha value is -2.51. The zero-order chi connectivity index (χ0) is 17.7. The van der Waals surface area contributed by atoms with E-state index in [1.54, 1.807) is 12.1 Å². The average molecular weight is 341 g/mol. The Morgan fingerprint density at radius 3 is 2.46 bits per heavy atom. The lowest BCUT2D eigenvalue weighted by molar-refractivity contribution is -0.141. The van der Waals surface area contributed by atoms with Crippen molar-refractivity contribution in [2.24, 2.45) is 0 Å². The van der Waals surface area contributed by atoms with Crippen molar-refractivity contribution in [3.8, 4) is 5.75 Å². The maximum atomic E-state index is 12.4. The molecule has 0 fully saturated rings. The van der Waals surface area contributed by atoms with Crippen molar-refractivity contribution in [1.29, 1.82) is 0 Å². The molecule has 1 heterocycles. The quantitative estimate of drug-likeness (QED) is 0.879. The van der Waals surface area contributed by atoms with Gasteiger partial charge in [0.25, 0.3) is 0 Å². The second-order valence-corrected chi connectivity index (χ2v) is 5.48. The lowest BCUT2D eigenvalue weighted by atomic mass is 10.2. The predicted molar refractivity (Wildman–Crippen MR) is 81.3 cm³/mol. The highest BCUT2D eigenvalue weighted by atomic mass is 19.4. The summed E-state index contributed by atoms with van der Waals surface area (Å²) in [4.78, 5) is 11.8. The van der Waals surface area contributed by atoms with E-state index in [2.05, 4.69) is 10.4 Å². The lowest BCUT2D eigenvalue weighted by Gasteiger charge is -2.10. The van der Waals surface area contributed by atoms with Gasteiger partial charge in [-0.3, -0.25) is 9.48 Å². The van der Waals surface area contributed by atoms with Gasteiger partial charge in [-0.25, -0.2) is 0 Å². The fraction of sp³-hybridized carbons (Fsp3) is 0.375. The number of carbonyl (C=O) groups excluding carboxylic acids is 1. The molecule has 0 radical (unpaired) electrons. The summed E-state index contributed by atoms with van der Waals surface area (Å²) in [7, 11) is 0. The zero-order valence-electron chi connectivity index (χ0n) is 13.3. The molecule has 1 amide bonds. The van der Waals surface area contributed by atoms with Crippen molar-refractivity contribution < 1.29 is 22.7 Å². The number of hydrogen-bond acceptors (Lipinski definition) is 3. The van der Waals surface area contributed by atoms with E-state index < -0.39 is 17.8 Å². The van der Waals surface area contributed by atoms with Gasteiger partial charge in [0.15, 0.2) is 5.69 Å². The van der Waals surface area contributed by atoms with Gasteiger partial charge in [0, 0.05) is 12.7 Å². The Morgan fingerprint density at radius 2 is 1.92 bits per heavy atom. The molecule has 1 aromatic heterocycles. The van der Waals surface area contributed by atoms with E-state index in [4.69, 9.17) is 4.74 Å². The van der Waals surface area contributed by atoms with E-state index in [1.807, 2.05) is 26.0 Å². The van der Waals surface area contributed by atoms with Gasteiger partial charge in [-0.05, 0) is 37.6 Å². The van der Waals surface area contributed by atoms with Gasteiger partial charge in [-0.1, -0.05) is 12.1 Å². The molecule has 1 aromatic carbocycles. The molecule has 2 rings (SSSR count). The van der Waals surface area contributed by atoms with Crippen LogP contribution in [0, 0.1) is 0 Å². The Kier molecular flexibility index (Phi) is 5.48. The Labute approximate surface area is 137 Å². The summed E-state index contributed by atoms with van der Waals surface area (Å²) in [6.45, 7) is 3.85. The Balaban J connectivity index is 1.83. The summed E-state index contributed by atoms with van der Waals surface area (Å²) in [5.41, 5.74) is -0.160. The third kappa shape index (κ3) is 5.29. The van der Waals surface area contributed by atoms with Crippen LogP contribution in [0.5, 0.6) is 5.75 Å². The first kappa shape index (κ1) is 17.8. The van der Waals surface area contributed by atoms with E-state index >= 15 is 0 Å². The number of amides is 1. The molecule has 0 aliphatic heterocycles. The van der Waals surface area contributed by atoms with Gasteiger partial charge in [0.1, 0.15) is 12.3 Å². The molecular formula is C16H18F3N3O2. The van der Waals surface area contributed by atoms with Crippen molar-refractivity contribution >= 4 is 5.91 Å². The van der Waals surface area contributed by atoms with Crippen LogP contribution in [0.2, 0.25) is 0 Å². The largest absolute Gasteiger partial charge is 0.491 e. The highest BCUT2D eigenvalue weighted by molar-refractivity contribution is 5.75. The van der Waals surface area contributed by atoms with E-state index in [9.17, 15) is 18.0 Å². The SMILES string of the molecule is CC(C)Oc1ccc(CNC(=O)Cn2ccc(C(F)(F)F)n2)cc1. The van der Waals surface area contributed by atoms with Crippen molar-refractivity contribution in [2.75, 3.05) is 0 Å². The normalized spacial score (nSPS) is 11.6. The van der Waals surface area contributed by atoms with Crippen LogP contribution in [0.3, 0.4) is 0 Å². The molecule has 0 aliphatic carbocycles.